The van der Waals surface area contributed by atoms with E-state index in [1.165, 1.54) is 0 Å². The van der Waals surface area contributed by atoms with Gasteiger partial charge in [-0.25, -0.2) is 9.59 Å². The first-order chi connectivity index (χ1) is 7.77. The van der Waals surface area contributed by atoms with Crippen LogP contribution in [0, 0.1) is 10.1 Å². The summed E-state index contributed by atoms with van der Waals surface area (Å²) in [5, 5.41) is 27.2. The number of carbonyl (C=O) groups is 2. The van der Waals surface area contributed by atoms with Crippen molar-refractivity contribution in [3.63, 3.8) is 0 Å². The molecule has 0 aliphatic heterocycles. The molecule has 9 heteroatoms. The highest BCUT2D eigenvalue weighted by Gasteiger charge is 2.32. The average Bonchev–Trinajstić information content (AvgIpc) is 2.19. The highest BCUT2D eigenvalue weighted by molar-refractivity contribution is 6.44. The first-order valence-electron chi connectivity index (χ1n) is 3.90. The number of rotatable bonds is 3. The molecular weight excluding hydrogens is 277 g/mol. The van der Waals surface area contributed by atoms with E-state index in [9.17, 15) is 19.7 Å². The molecule has 0 saturated heterocycles. The van der Waals surface area contributed by atoms with Gasteiger partial charge in [0.2, 0.25) is 0 Å². The lowest BCUT2D eigenvalue weighted by molar-refractivity contribution is -0.385. The molecule has 0 aliphatic carbocycles. The summed E-state index contributed by atoms with van der Waals surface area (Å²) in [7, 11) is 0. The second-order valence-electron chi connectivity index (χ2n) is 2.81. The van der Waals surface area contributed by atoms with E-state index in [4.69, 9.17) is 33.4 Å². The smallest absolute Gasteiger partial charge is 0.343 e. The maximum atomic E-state index is 10.8. The monoisotopic (exact) mass is 279 g/mol. The highest BCUT2D eigenvalue weighted by atomic mass is 35.5. The maximum Gasteiger partial charge on any atom is 0.343 e. The van der Waals surface area contributed by atoms with Gasteiger partial charge in [0.05, 0.1) is 15.5 Å². The Morgan fingerprint density at radius 1 is 1.24 bits per heavy atom. The summed E-state index contributed by atoms with van der Waals surface area (Å²) in [6.45, 7) is 0. The van der Waals surface area contributed by atoms with Gasteiger partial charge in [0.25, 0.3) is 0 Å². The van der Waals surface area contributed by atoms with Gasteiger partial charge in [0.15, 0.2) is 5.56 Å². The Kier molecular flexibility index (Phi) is 3.54. The van der Waals surface area contributed by atoms with Gasteiger partial charge < -0.3 is 10.2 Å². The summed E-state index contributed by atoms with van der Waals surface area (Å²) in [6, 6.07) is 0.753. The molecule has 1 aromatic rings. The van der Waals surface area contributed by atoms with Crippen molar-refractivity contribution in [2.45, 2.75) is 0 Å². The fourth-order valence-electron chi connectivity index (χ4n) is 1.17. The maximum absolute atomic E-state index is 10.8. The van der Waals surface area contributed by atoms with Crippen molar-refractivity contribution in [3.05, 3.63) is 37.4 Å². The van der Waals surface area contributed by atoms with Crippen LogP contribution in [0.3, 0.4) is 0 Å². The van der Waals surface area contributed by atoms with Gasteiger partial charge >= 0.3 is 17.6 Å². The van der Waals surface area contributed by atoms with E-state index in [2.05, 4.69) is 0 Å². The molecule has 0 amide bonds. The van der Waals surface area contributed by atoms with E-state index < -0.39 is 43.7 Å². The standard InChI is InChI=1S/C8H3Cl2NO6/c9-3-1-2(7(12)13)4(8(14)15)6(5(3)10)11(16)17/h1H,(H,12,13)(H,14,15). The van der Waals surface area contributed by atoms with Crippen LogP contribution in [-0.4, -0.2) is 27.1 Å². The lowest BCUT2D eigenvalue weighted by Crippen LogP contribution is -2.12. The number of hydrogen-bond acceptors (Lipinski definition) is 4. The van der Waals surface area contributed by atoms with Gasteiger partial charge in [0, 0.05) is 0 Å². The Hall–Kier alpha value is -1.86. The van der Waals surface area contributed by atoms with Crippen molar-refractivity contribution in [2.75, 3.05) is 0 Å². The van der Waals surface area contributed by atoms with Gasteiger partial charge in [-0.05, 0) is 6.07 Å². The SMILES string of the molecule is O=C(O)c1cc(Cl)c(Cl)c([N+](=O)[O-])c1C(=O)O. The van der Waals surface area contributed by atoms with E-state index >= 15 is 0 Å². The van der Waals surface area contributed by atoms with Crippen molar-refractivity contribution >= 4 is 40.8 Å². The third kappa shape index (κ3) is 2.29. The molecule has 0 unspecified atom stereocenters. The minimum absolute atomic E-state index is 0.402. The van der Waals surface area contributed by atoms with E-state index in [0.717, 1.165) is 6.07 Å². The van der Waals surface area contributed by atoms with Crippen LogP contribution in [0.1, 0.15) is 20.7 Å². The van der Waals surface area contributed by atoms with Crippen molar-refractivity contribution in [2.24, 2.45) is 0 Å². The highest BCUT2D eigenvalue weighted by Crippen LogP contribution is 2.37. The zero-order chi connectivity index (χ0) is 13.3. The number of benzene rings is 1. The normalized spacial score (nSPS) is 10.0. The molecule has 0 aromatic heterocycles. The second-order valence-corrected chi connectivity index (χ2v) is 3.60. The van der Waals surface area contributed by atoms with Crippen molar-refractivity contribution < 1.29 is 24.7 Å². The summed E-state index contributed by atoms with van der Waals surface area (Å²) in [5.74, 6) is -3.42. The van der Waals surface area contributed by atoms with Gasteiger partial charge in [-0.2, -0.15) is 0 Å². The minimum atomic E-state index is -1.77. The van der Waals surface area contributed by atoms with Gasteiger partial charge in [0.1, 0.15) is 5.02 Å². The molecule has 17 heavy (non-hydrogen) atoms. The van der Waals surface area contributed by atoms with Crippen molar-refractivity contribution in [1.29, 1.82) is 0 Å². The molecule has 0 aliphatic rings. The number of nitrogens with zero attached hydrogens (tertiary/aromatic N) is 1. The van der Waals surface area contributed by atoms with Crippen LogP contribution >= 0.6 is 23.2 Å². The largest absolute Gasteiger partial charge is 0.478 e. The number of aromatic carboxylic acids is 2. The average molecular weight is 280 g/mol. The fraction of sp³-hybridized carbons (Fsp3) is 0. The third-order valence-electron chi connectivity index (χ3n) is 1.82. The van der Waals surface area contributed by atoms with Crippen LogP contribution < -0.4 is 0 Å². The molecule has 90 valence electrons. The number of carboxylic acids is 2. The van der Waals surface area contributed by atoms with E-state index in [1.54, 1.807) is 0 Å². The number of hydrogen-bond donors (Lipinski definition) is 2. The number of halogens is 2. The first-order valence-corrected chi connectivity index (χ1v) is 4.66. The summed E-state index contributed by atoms with van der Waals surface area (Å²) in [6.07, 6.45) is 0. The topological polar surface area (TPSA) is 118 Å². The zero-order valence-electron chi connectivity index (χ0n) is 7.81. The summed E-state index contributed by atoms with van der Waals surface area (Å²) in [4.78, 5) is 31.2. The van der Waals surface area contributed by atoms with Crippen molar-refractivity contribution in [1.82, 2.24) is 0 Å². The second kappa shape index (κ2) is 4.56. The molecule has 0 spiro atoms. The Morgan fingerprint density at radius 3 is 2.12 bits per heavy atom. The molecule has 0 saturated carbocycles. The molecule has 1 rings (SSSR count). The van der Waals surface area contributed by atoms with Crippen LogP contribution in [0.4, 0.5) is 5.69 Å². The zero-order valence-corrected chi connectivity index (χ0v) is 9.32. The molecule has 0 bridgehead atoms. The Balaban J connectivity index is 3.83. The lowest BCUT2D eigenvalue weighted by Gasteiger charge is -2.05. The molecule has 0 radical (unpaired) electrons. The molecule has 0 atom stereocenters. The van der Waals surface area contributed by atoms with Crippen LogP contribution in [0.5, 0.6) is 0 Å². The van der Waals surface area contributed by atoms with E-state index in [0.29, 0.717) is 0 Å². The quantitative estimate of drug-likeness (QED) is 0.647. The molecule has 1 aromatic carbocycles. The first kappa shape index (κ1) is 13.2. The molecule has 7 nitrogen and oxygen atoms in total. The Labute approximate surface area is 103 Å². The fourth-order valence-corrected chi connectivity index (χ4v) is 1.59. The Bertz CT molecular complexity index is 541. The van der Waals surface area contributed by atoms with Gasteiger partial charge in [-0.15, -0.1) is 0 Å². The molecule has 0 heterocycles. The van der Waals surface area contributed by atoms with E-state index in [1.807, 2.05) is 0 Å². The van der Waals surface area contributed by atoms with Gasteiger partial charge in [-0.3, -0.25) is 10.1 Å². The third-order valence-corrected chi connectivity index (χ3v) is 2.60. The minimum Gasteiger partial charge on any atom is -0.478 e. The Morgan fingerprint density at radius 2 is 1.76 bits per heavy atom. The number of nitro benzene ring substituents is 1. The molecule has 0 fully saturated rings. The van der Waals surface area contributed by atoms with Crippen LogP contribution in [0.2, 0.25) is 10.0 Å². The van der Waals surface area contributed by atoms with Crippen LogP contribution in [0.25, 0.3) is 0 Å². The lowest BCUT2D eigenvalue weighted by atomic mass is 10.1. The number of carboxylic acid groups (broad SMARTS) is 2. The summed E-state index contributed by atoms with van der Waals surface area (Å²) in [5.41, 5.74) is -2.83. The van der Waals surface area contributed by atoms with Crippen LogP contribution in [-0.2, 0) is 0 Å². The van der Waals surface area contributed by atoms with E-state index in [-0.39, 0.29) is 0 Å². The van der Waals surface area contributed by atoms with Crippen molar-refractivity contribution in [3.8, 4) is 0 Å². The molecular formula is C8H3Cl2NO6. The predicted molar refractivity (Wildman–Crippen MR) is 57.0 cm³/mol. The predicted octanol–water partition coefficient (Wildman–Crippen LogP) is 2.30. The van der Waals surface area contributed by atoms with Gasteiger partial charge in [-0.1, -0.05) is 23.2 Å². The number of nitro groups is 1. The molecule has 2 N–H and O–H groups in total. The summed E-state index contributed by atoms with van der Waals surface area (Å²) < 4.78 is 0. The summed E-state index contributed by atoms with van der Waals surface area (Å²) >= 11 is 11.0. The van der Waals surface area contributed by atoms with Crippen LogP contribution in [0.15, 0.2) is 6.07 Å².